The number of aliphatic hydroxyl groups excluding tert-OH is 2. The van der Waals surface area contributed by atoms with Crippen LogP contribution in [0.3, 0.4) is 0 Å². The van der Waals surface area contributed by atoms with Crippen molar-refractivity contribution in [2.45, 2.75) is 37.1 Å². The third-order valence-corrected chi connectivity index (χ3v) is 7.55. The van der Waals surface area contributed by atoms with E-state index in [1.807, 2.05) is 66.7 Å². The zero-order valence-electron chi connectivity index (χ0n) is 21.7. The van der Waals surface area contributed by atoms with Gasteiger partial charge in [-0.15, -0.1) is 0 Å². The predicted molar refractivity (Wildman–Crippen MR) is 145 cm³/mol. The summed E-state index contributed by atoms with van der Waals surface area (Å²) in [4.78, 5) is 28.9. The molecule has 0 bridgehead atoms. The second kappa shape index (κ2) is 11.0. The van der Waals surface area contributed by atoms with Gasteiger partial charge in [-0.25, -0.2) is 0 Å². The number of amides is 2. The monoisotopic (exact) mass is 542 g/mol. The zero-order chi connectivity index (χ0) is 27.6. The van der Waals surface area contributed by atoms with Gasteiger partial charge in [-0.3, -0.25) is 9.59 Å². The van der Waals surface area contributed by atoms with E-state index < -0.39 is 24.2 Å². The fourth-order valence-electron chi connectivity index (χ4n) is 5.66. The van der Waals surface area contributed by atoms with Gasteiger partial charge in [-0.05, 0) is 35.4 Å². The summed E-state index contributed by atoms with van der Waals surface area (Å²) in [5, 5.41) is 23.8. The molecule has 9 nitrogen and oxygen atoms in total. The number of rotatable bonds is 8. The highest BCUT2D eigenvalue weighted by Crippen LogP contribution is 2.47. The van der Waals surface area contributed by atoms with Gasteiger partial charge in [-0.1, -0.05) is 54.6 Å². The molecule has 3 aromatic rings. The Balaban J connectivity index is 1.39. The molecule has 0 aromatic heterocycles. The van der Waals surface area contributed by atoms with Crippen molar-refractivity contribution in [3.8, 4) is 17.2 Å². The lowest BCUT2D eigenvalue weighted by molar-refractivity contribution is -0.137. The maximum Gasteiger partial charge on any atom is 0.247 e. The van der Waals surface area contributed by atoms with Crippen LogP contribution in [0.2, 0.25) is 0 Å². The number of hydrogen-bond acceptors (Lipinski definition) is 7. The highest BCUT2D eigenvalue weighted by molar-refractivity contribution is 5.96. The van der Waals surface area contributed by atoms with Gasteiger partial charge >= 0.3 is 0 Å². The van der Waals surface area contributed by atoms with Crippen molar-refractivity contribution < 1.29 is 34.0 Å². The Hall–Kier alpha value is -4.34. The van der Waals surface area contributed by atoms with Crippen LogP contribution in [0.5, 0.6) is 17.2 Å². The Morgan fingerprint density at radius 3 is 2.52 bits per heavy atom. The average molecular weight is 543 g/mol. The van der Waals surface area contributed by atoms with Gasteiger partial charge in [0.15, 0.2) is 11.5 Å². The number of nitrogens with zero attached hydrogens (tertiary/aromatic N) is 1. The molecule has 6 rings (SSSR count). The van der Waals surface area contributed by atoms with Crippen molar-refractivity contribution in [2.75, 3.05) is 19.9 Å². The van der Waals surface area contributed by atoms with E-state index in [4.69, 9.17) is 14.2 Å². The molecule has 40 heavy (non-hydrogen) atoms. The first kappa shape index (κ1) is 25.9. The standard InChI is InChI=1S/C31H30N2O7/c34-13-12-32-31(37)22-16-23(29(36)30-28(22)21-8-4-5-9-24(21)40-30)33(27(35)15-19-6-2-1-3-7-19)17-20-10-11-25-26(14-20)39-18-38-25/h1-11,14,16,23,28-30,34,36H,12-13,15,17-18H2,(H,32,37). The number of carbonyl (C=O) groups excluding carboxylic acids is 2. The van der Waals surface area contributed by atoms with Crippen molar-refractivity contribution in [3.05, 3.63) is 101 Å². The number of nitrogens with one attached hydrogen (secondary N) is 1. The topological polar surface area (TPSA) is 118 Å². The molecule has 4 atom stereocenters. The minimum absolute atomic E-state index is 0.0805. The average Bonchev–Trinajstić information content (AvgIpc) is 3.60. The van der Waals surface area contributed by atoms with Gasteiger partial charge in [0.1, 0.15) is 18.0 Å². The second-order valence-corrected chi connectivity index (χ2v) is 10.1. The summed E-state index contributed by atoms with van der Waals surface area (Å²) < 4.78 is 17.2. The number of para-hydroxylation sites is 1. The Kier molecular flexibility index (Phi) is 7.15. The molecule has 2 heterocycles. The summed E-state index contributed by atoms with van der Waals surface area (Å²) in [6.45, 7) is 0.165. The van der Waals surface area contributed by atoms with E-state index in [2.05, 4.69) is 5.32 Å². The molecule has 9 heteroatoms. The Bertz CT molecular complexity index is 1440. The van der Waals surface area contributed by atoms with Crippen molar-refractivity contribution >= 4 is 11.8 Å². The fourth-order valence-corrected chi connectivity index (χ4v) is 5.66. The van der Waals surface area contributed by atoms with Gasteiger partial charge in [0, 0.05) is 24.2 Å². The third kappa shape index (κ3) is 4.89. The molecular weight excluding hydrogens is 512 g/mol. The first-order valence-electron chi connectivity index (χ1n) is 13.3. The molecular formula is C31H30N2O7. The normalized spacial score (nSPS) is 22.0. The molecule has 206 valence electrons. The van der Waals surface area contributed by atoms with Crippen LogP contribution in [0.25, 0.3) is 0 Å². The minimum Gasteiger partial charge on any atom is -0.486 e. The molecule has 4 unspecified atom stereocenters. The highest BCUT2D eigenvalue weighted by Gasteiger charge is 2.50. The number of fused-ring (bicyclic) bond motifs is 4. The number of benzene rings is 3. The molecule has 0 spiro atoms. The Morgan fingerprint density at radius 1 is 0.925 bits per heavy atom. The summed E-state index contributed by atoms with van der Waals surface area (Å²) >= 11 is 0. The molecule has 0 fully saturated rings. The van der Waals surface area contributed by atoms with Crippen LogP contribution in [0.15, 0.2) is 84.4 Å². The van der Waals surface area contributed by atoms with E-state index in [9.17, 15) is 19.8 Å². The highest BCUT2D eigenvalue weighted by atomic mass is 16.7. The molecule has 0 radical (unpaired) electrons. The molecule has 2 amide bonds. The summed E-state index contributed by atoms with van der Waals surface area (Å²) in [7, 11) is 0. The number of aliphatic hydroxyl groups is 2. The quantitative estimate of drug-likeness (QED) is 0.400. The molecule has 0 saturated heterocycles. The van der Waals surface area contributed by atoms with Gasteiger partial charge in [0.2, 0.25) is 18.6 Å². The van der Waals surface area contributed by atoms with E-state index in [1.54, 1.807) is 17.0 Å². The van der Waals surface area contributed by atoms with E-state index in [1.165, 1.54) is 0 Å². The van der Waals surface area contributed by atoms with Crippen LogP contribution in [-0.4, -0.2) is 65.1 Å². The smallest absolute Gasteiger partial charge is 0.247 e. The van der Waals surface area contributed by atoms with E-state index in [0.717, 1.165) is 16.7 Å². The minimum atomic E-state index is -1.11. The van der Waals surface area contributed by atoms with Crippen LogP contribution in [0.1, 0.15) is 22.6 Å². The largest absolute Gasteiger partial charge is 0.486 e. The number of ether oxygens (including phenoxy) is 3. The van der Waals surface area contributed by atoms with E-state index >= 15 is 0 Å². The van der Waals surface area contributed by atoms with Gasteiger partial charge in [0.05, 0.1) is 25.0 Å². The predicted octanol–water partition coefficient (Wildman–Crippen LogP) is 2.31. The SMILES string of the molecule is O=C(NCCO)C1=CC(N(Cc2ccc3c(c2)OCO3)C(=O)Cc2ccccc2)C(O)C2Oc3ccccc3C12. The lowest BCUT2D eigenvalue weighted by Crippen LogP contribution is -2.55. The van der Waals surface area contributed by atoms with Crippen LogP contribution >= 0.6 is 0 Å². The number of hydrogen-bond donors (Lipinski definition) is 3. The first-order chi connectivity index (χ1) is 19.5. The van der Waals surface area contributed by atoms with Crippen LogP contribution in [0, 0.1) is 0 Å². The molecule has 1 aliphatic carbocycles. The summed E-state index contributed by atoms with van der Waals surface area (Å²) in [6, 6.07) is 21.4. The fraction of sp³-hybridized carbons (Fsp3) is 0.290. The van der Waals surface area contributed by atoms with Gasteiger partial charge < -0.3 is 34.6 Å². The van der Waals surface area contributed by atoms with Gasteiger partial charge in [0.25, 0.3) is 0 Å². The Morgan fingerprint density at radius 2 is 1.70 bits per heavy atom. The van der Waals surface area contributed by atoms with E-state index in [-0.39, 0.29) is 44.7 Å². The maximum absolute atomic E-state index is 13.9. The zero-order valence-corrected chi connectivity index (χ0v) is 21.7. The van der Waals surface area contributed by atoms with Crippen molar-refractivity contribution in [3.63, 3.8) is 0 Å². The second-order valence-electron chi connectivity index (χ2n) is 10.1. The van der Waals surface area contributed by atoms with Crippen LogP contribution in [0.4, 0.5) is 0 Å². The molecule has 2 aliphatic heterocycles. The number of carbonyl (C=O) groups is 2. The van der Waals surface area contributed by atoms with E-state index in [0.29, 0.717) is 22.8 Å². The van der Waals surface area contributed by atoms with Crippen molar-refractivity contribution in [2.24, 2.45) is 0 Å². The van der Waals surface area contributed by atoms with Crippen LogP contribution < -0.4 is 19.5 Å². The molecule has 0 saturated carbocycles. The van der Waals surface area contributed by atoms with Crippen molar-refractivity contribution in [1.29, 1.82) is 0 Å². The summed E-state index contributed by atoms with van der Waals surface area (Å²) in [6.07, 6.45) is -0.0876. The first-order valence-corrected chi connectivity index (χ1v) is 13.3. The Labute approximate surface area is 231 Å². The third-order valence-electron chi connectivity index (χ3n) is 7.55. The molecule has 3 aromatic carbocycles. The van der Waals surface area contributed by atoms with Crippen molar-refractivity contribution in [1.82, 2.24) is 10.2 Å². The lowest BCUT2D eigenvalue weighted by atomic mass is 9.77. The molecule has 3 aliphatic rings. The summed E-state index contributed by atoms with van der Waals surface area (Å²) in [5.74, 6) is 0.708. The molecule has 3 N–H and O–H groups in total. The maximum atomic E-state index is 13.9. The van der Waals surface area contributed by atoms with Gasteiger partial charge in [-0.2, -0.15) is 0 Å². The van der Waals surface area contributed by atoms with Crippen LogP contribution in [-0.2, 0) is 22.6 Å². The lowest BCUT2D eigenvalue weighted by Gasteiger charge is -2.41. The summed E-state index contributed by atoms with van der Waals surface area (Å²) in [5.41, 5.74) is 2.81.